The van der Waals surface area contributed by atoms with Gasteiger partial charge >= 0.3 is 0 Å². The Labute approximate surface area is 106 Å². The molecule has 0 radical (unpaired) electrons. The maximum atomic E-state index is 12.0. The smallest absolute Gasteiger partial charge is 0.220 e. The molecule has 0 aromatic heterocycles. The zero-order valence-corrected chi connectivity index (χ0v) is 11.6. The van der Waals surface area contributed by atoms with Gasteiger partial charge in [0.2, 0.25) is 5.91 Å². The van der Waals surface area contributed by atoms with Gasteiger partial charge in [-0.3, -0.25) is 4.79 Å². The number of nitrogens with one attached hydrogen (secondary N) is 1. The third-order valence-electron chi connectivity index (χ3n) is 4.00. The summed E-state index contributed by atoms with van der Waals surface area (Å²) in [4.78, 5) is 12.0. The molecule has 0 spiro atoms. The van der Waals surface area contributed by atoms with Crippen molar-refractivity contribution in [1.29, 1.82) is 0 Å². The molecule has 1 rings (SSSR count). The molecule has 17 heavy (non-hydrogen) atoms. The highest BCUT2D eigenvalue weighted by Gasteiger charge is 2.36. The number of rotatable bonds is 7. The van der Waals surface area contributed by atoms with Crippen molar-refractivity contribution in [1.82, 2.24) is 5.32 Å². The highest BCUT2D eigenvalue weighted by Crippen LogP contribution is 2.34. The Balaban J connectivity index is 2.36. The summed E-state index contributed by atoms with van der Waals surface area (Å²) >= 11 is 0. The number of amides is 1. The van der Waals surface area contributed by atoms with Gasteiger partial charge < -0.3 is 11.1 Å². The van der Waals surface area contributed by atoms with Crippen molar-refractivity contribution in [2.75, 3.05) is 6.54 Å². The van der Waals surface area contributed by atoms with E-state index in [2.05, 4.69) is 26.1 Å². The molecule has 0 aliphatic heterocycles. The number of carbonyl (C=O) groups is 1. The average Bonchev–Trinajstić information content (AvgIpc) is 2.21. The predicted octanol–water partition coefficient (Wildman–Crippen LogP) is 2.45. The van der Waals surface area contributed by atoms with Crippen LogP contribution in [0.3, 0.4) is 0 Å². The van der Waals surface area contributed by atoms with E-state index in [1.807, 2.05) is 0 Å². The van der Waals surface area contributed by atoms with Crippen LogP contribution in [0.1, 0.15) is 59.3 Å². The molecule has 3 nitrogen and oxygen atoms in total. The Morgan fingerprint density at radius 2 is 2.06 bits per heavy atom. The number of hydrogen-bond acceptors (Lipinski definition) is 2. The second kappa shape index (κ2) is 6.39. The van der Waals surface area contributed by atoms with E-state index in [1.54, 1.807) is 0 Å². The first-order valence-corrected chi connectivity index (χ1v) is 7.02. The molecule has 0 heterocycles. The molecule has 0 aromatic carbocycles. The molecular formula is C14H28N2O. The van der Waals surface area contributed by atoms with E-state index in [0.29, 0.717) is 24.8 Å². The summed E-state index contributed by atoms with van der Waals surface area (Å²) in [6.07, 6.45) is 6.23. The Bertz CT molecular complexity index is 241. The quantitative estimate of drug-likeness (QED) is 0.718. The van der Waals surface area contributed by atoms with Crippen LogP contribution in [0.2, 0.25) is 0 Å². The summed E-state index contributed by atoms with van der Waals surface area (Å²) in [6, 6.07) is 0. The standard InChI is InChI=1S/C14H28N2O/c1-4-14(6-5-7-14)16-13(17)9-12(10-15)8-11(2)3/h11-12H,4-10,15H2,1-3H3,(H,16,17)/t12-/m0/s1. The number of carbonyl (C=O) groups excluding carboxylic acids is 1. The van der Waals surface area contributed by atoms with E-state index < -0.39 is 0 Å². The van der Waals surface area contributed by atoms with Crippen molar-refractivity contribution in [3.63, 3.8) is 0 Å². The molecule has 1 aliphatic carbocycles. The summed E-state index contributed by atoms with van der Waals surface area (Å²) in [5, 5.41) is 3.22. The van der Waals surface area contributed by atoms with E-state index >= 15 is 0 Å². The summed E-state index contributed by atoms with van der Waals surface area (Å²) in [7, 11) is 0. The highest BCUT2D eigenvalue weighted by atomic mass is 16.1. The van der Waals surface area contributed by atoms with Crippen molar-refractivity contribution in [3.05, 3.63) is 0 Å². The fourth-order valence-corrected chi connectivity index (χ4v) is 2.71. The molecule has 1 atom stereocenters. The van der Waals surface area contributed by atoms with Gasteiger partial charge in [0.25, 0.3) is 0 Å². The summed E-state index contributed by atoms with van der Waals surface area (Å²) in [6.45, 7) is 7.14. The predicted molar refractivity (Wildman–Crippen MR) is 71.6 cm³/mol. The normalized spacial score (nSPS) is 19.8. The highest BCUT2D eigenvalue weighted by molar-refractivity contribution is 5.77. The number of nitrogens with two attached hydrogens (primary N) is 1. The molecule has 1 fully saturated rings. The van der Waals surface area contributed by atoms with Crippen molar-refractivity contribution in [2.24, 2.45) is 17.6 Å². The van der Waals surface area contributed by atoms with Crippen LogP contribution in [0.15, 0.2) is 0 Å². The van der Waals surface area contributed by atoms with E-state index in [1.165, 1.54) is 6.42 Å². The van der Waals surface area contributed by atoms with Crippen molar-refractivity contribution in [2.45, 2.75) is 64.8 Å². The van der Waals surface area contributed by atoms with Crippen LogP contribution in [-0.2, 0) is 4.79 Å². The zero-order valence-electron chi connectivity index (χ0n) is 11.6. The number of hydrogen-bond donors (Lipinski definition) is 2. The minimum atomic E-state index is 0.119. The maximum Gasteiger partial charge on any atom is 0.220 e. The van der Waals surface area contributed by atoms with Crippen LogP contribution in [-0.4, -0.2) is 18.0 Å². The Morgan fingerprint density at radius 3 is 2.41 bits per heavy atom. The van der Waals surface area contributed by atoms with Gasteiger partial charge in [0.15, 0.2) is 0 Å². The fourth-order valence-electron chi connectivity index (χ4n) is 2.71. The Kier molecular flexibility index (Phi) is 5.44. The van der Waals surface area contributed by atoms with Crippen molar-refractivity contribution < 1.29 is 4.79 Å². The third kappa shape index (κ3) is 4.30. The molecule has 0 bridgehead atoms. The van der Waals surface area contributed by atoms with Gasteiger partial charge in [0, 0.05) is 12.0 Å². The SMILES string of the molecule is CCC1(NC(=O)C[C@@H](CN)CC(C)C)CCC1. The lowest BCUT2D eigenvalue weighted by molar-refractivity contribution is -0.125. The second-order valence-corrected chi connectivity index (χ2v) is 5.97. The fraction of sp³-hybridized carbons (Fsp3) is 0.929. The van der Waals surface area contributed by atoms with Crippen molar-refractivity contribution in [3.8, 4) is 0 Å². The van der Waals surface area contributed by atoms with Crippen LogP contribution >= 0.6 is 0 Å². The lowest BCUT2D eigenvalue weighted by atomic mass is 9.74. The second-order valence-electron chi connectivity index (χ2n) is 5.97. The summed E-state index contributed by atoms with van der Waals surface area (Å²) in [5.41, 5.74) is 5.85. The van der Waals surface area contributed by atoms with Gasteiger partial charge in [-0.1, -0.05) is 20.8 Å². The van der Waals surface area contributed by atoms with Gasteiger partial charge in [-0.25, -0.2) is 0 Å². The molecule has 0 aromatic rings. The lowest BCUT2D eigenvalue weighted by Crippen LogP contribution is -2.53. The Hall–Kier alpha value is -0.570. The van der Waals surface area contributed by atoms with Gasteiger partial charge in [-0.15, -0.1) is 0 Å². The molecule has 100 valence electrons. The largest absolute Gasteiger partial charge is 0.351 e. The van der Waals surface area contributed by atoms with E-state index in [4.69, 9.17) is 5.73 Å². The Morgan fingerprint density at radius 1 is 1.41 bits per heavy atom. The van der Waals surface area contributed by atoms with Crippen LogP contribution in [0.4, 0.5) is 0 Å². The van der Waals surface area contributed by atoms with Crippen LogP contribution < -0.4 is 11.1 Å². The first-order valence-electron chi connectivity index (χ1n) is 7.02. The van der Waals surface area contributed by atoms with Gasteiger partial charge in [0.1, 0.15) is 0 Å². The van der Waals surface area contributed by atoms with Crippen LogP contribution in [0, 0.1) is 11.8 Å². The monoisotopic (exact) mass is 240 g/mol. The van der Waals surface area contributed by atoms with Gasteiger partial charge in [-0.05, 0) is 50.5 Å². The van der Waals surface area contributed by atoms with Crippen LogP contribution in [0.25, 0.3) is 0 Å². The zero-order chi connectivity index (χ0) is 12.9. The molecule has 3 N–H and O–H groups in total. The van der Waals surface area contributed by atoms with E-state index in [-0.39, 0.29) is 11.4 Å². The summed E-state index contributed by atoms with van der Waals surface area (Å²) < 4.78 is 0. The molecule has 1 amide bonds. The van der Waals surface area contributed by atoms with Crippen LogP contribution in [0.5, 0.6) is 0 Å². The summed E-state index contributed by atoms with van der Waals surface area (Å²) in [5.74, 6) is 1.15. The lowest BCUT2D eigenvalue weighted by Gasteiger charge is -2.42. The third-order valence-corrected chi connectivity index (χ3v) is 4.00. The van der Waals surface area contributed by atoms with E-state index in [9.17, 15) is 4.79 Å². The topological polar surface area (TPSA) is 55.1 Å². The van der Waals surface area contributed by atoms with Gasteiger partial charge in [-0.2, -0.15) is 0 Å². The minimum Gasteiger partial charge on any atom is -0.351 e. The maximum absolute atomic E-state index is 12.0. The molecular weight excluding hydrogens is 212 g/mol. The molecule has 1 aliphatic rings. The molecule has 0 saturated heterocycles. The van der Waals surface area contributed by atoms with Gasteiger partial charge in [0.05, 0.1) is 0 Å². The van der Waals surface area contributed by atoms with Crippen molar-refractivity contribution >= 4 is 5.91 Å². The molecule has 3 heteroatoms. The molecule has 0 unspecified atom stereocenters. The van der Waals surface area contributed by atoms with E-state index in [0.717, 1.165) is 25.7 Å². The average molecular weight is 240 g/mol. The molecule has 1 saturated carbocycles. The first-order chi connectivity index (χ1) is 8.01. The minimum absolute atomic E-state index is 0.119. The first kappa shape index (κ1) is 14.5.